The minimum Gasteiger partial charge on any atom is -0.395 e. The molecule has 4 nitrogen and oxygen atoms in total. The number of benzene rings is 1. The van der Waals surface area contributed by atoms with E-state index in [2.05, 4.69) is 28.9 Å². The molecule has 0 radical (unpaired) electrons. The molecule has 126 valence electrons. The Morgan fingerprint density at radius 1 is 1.22 bits per heavy atom. The monoisotopic (exact) mass is 316 g/mol. The highest BCUT2D eigenvalue weighted by Crippen LogP contribution is 2.45. The van der Waals surface area contributed by atoms with Crippen molar-refractivity contribution in [3.8, 4) is 0 Å². The Morgan fingerprint density at radius 3 is 2.52 bits per heavy atom. The number of carbonyl (C=O) groups excluding carboxylic acids is 1. The minimum atomic E-state index is 0.00860. The maximum Gasteiger partial charge on any atom is 0.230 e. The van der Waals surface area contributed by atoms with E-state index < -0.39 is 0 Å². The summed E-state index contributed by atoms with van der Waals surface area (Å²) in [5.74, 6) is 0.302. The van der Waals surface area contributed by atoms with E-state index in [9.17, 15) is 4.79 Å². The maximum absolute atomic E-state index is 12.8. The zero-order valence-corrected chi connectivity index (χ0v) is 14.1. The second kappa shape index (κ2) is 7.02. The van der Waals surface area contributed by atoms with Crippen LogP contribution in [0.3, 0.4) is 0 Å². The highest BCUT2D eigenvalue weighted by molar-refractivity contribution is 5.84. The average molecular weight is 316 g/mol. The lowest BCUT2D eigenvalue weighted by Crippen LogP contribution is -2.54. The number of hydrogen-bond acceptors (Lipinski definition) is 3. The van der Waals surface area contributed by atoms with Crippen molar-refractivity contribution in [3.05, 3.63) is 35.9 Å². The zero-order valence-electron chi connectivity index (χ0n) is 14.1. The molecule has 0 saturated carbocycles. The van der Waals surface area contributed by atoms with E-state index in [1.165, 1.54) is 0 Å². The van der Waals surface area contributed by atoms with Crippen molar-refractivity contribution in [1.82, 2.24) is 9.80 Å². The highest BCUT2D eigenvalue weighted by atomic mass is 16.3. The number of β-amino-alcohol motifs (C(OH)–C–C–N with tert-alkyl or cyclic N) is 1. The molecule has 4 heteroatoms. The van der Waals surface area contributed by atoms with Gasteiger partial charge in [-0.15, -0.1) is 0 Å². The fourth-order valence-electron chi connectivity index (χ4n) is 4.26. The Morgan fingerprint density at radius 2 is 1.91 bits per heavy atom. The van der Waals surface area contributed by atoms with Crippen molar-refractivity contribution >= 4 is 5.91 Å². The molecule has 2 aliphatic rings. The molecular formula is C19H28N2O2. The van der Waals surface area contributed by atoms with Gasteiger partial charge in [0.1, 0.15) is 0 Å². The molecule has 1 aromatic carbocycles. The van der Waals surface area contributed by atoms with Crippen LogP contribution in [0.25, 0.3) is 0 Å². The summed E-state index contributed by atoms with van der Waals surface area (Å²) in [6.07, 6.45) is 3.22. The van der Waals surface area contributed by atoms with Crippen molar-refractivity contribution in [2.75, 3.05) is 39.3 Å². The van der Waals surface area contributed by atoms with Gasteiger partial charge in [0.25, 0.3) is 0 Å². The molecule has 2 heterocycles. The summed E-state index contributed by atoms with van der Waals surface area (Å²) in [7, 11) is 0. The van der Waals surface area contributed by atoms with E-state index in [1.807, 2.05) is 18.2 Å². The van der Waals surface area contributed by atoms with E-state index in [4.69, 9.17) is 5.11 Å². The van der Waals surface area contributed by atoms with Crippen LogP contribution in [0.2, 0.25) is 0 Å². The number of likely N-dealkylation sites (N-methyl/N-ethyl adjacent to an activating group) is 1. The molecule has 1 atom stereocenters. The van der Waals surface area contributed by atoms with Gasteiger partial charge in [-0.25, -0.2) is 0 Å². The standard InChI is InChI=1S/C19H28N2O2/c1-2-21-15-19(8-10-20(11-9-19)12-13-22)14-17(18(21)23)16-6-4-3-5-7-16/h3-7,17,22H,2,8-15H2,1H3/t17-/m1/s1. The number of piperidine rings is 2. The van der Waals surface area contributed by atoms with Crippen LogP contribution in [0.15, 0.2) is 30.3 Å². The third-order valence-electron chi connectivity index (χ3n) is 5.69. The maximum atomic E-state index is 12.8. The lowest BCUT2D eigenvalue weighted by molar-refractivity contribution is -0.141. The summed E-state index contributed by atoms with van der Waals surface area (Å²) in [5.41, 5.74) is 1.41. The van der Waals surface area contributed by atoms with Crippen LogP contribution in [-0.4, -0.2) is 60.1 Å². The Balaban J connectivity index is 1.79. The van der Waals surface area contributed by atoms with Gasteiger partial charge in [-0.1, -0.05) is 30.3 Å². The molecular weight excluding hydrogens is 288 g/mol. The number of likely N-dealkylation sites (tertiary alicyclic amines) is 2. The van der Waals surface area contributed by atoms with Gasteiger partial charge in [0.05, 0.1) is 12.5 Å². The van der Waals surface area contributed by atoms with E-state index in [0.29, 0.717) is 5.91 Å². The summed E-state index contributed by atoms with van der Waals surface area (Å²) >= 11 is 0. The van der Waals surface area contributed by atoms with Gasteiger partial charge in [0, 0.05) is 19.6 Å². The Bertz CT molecular complexity index is 523. The molecule has 1 amide bonds. The second-order valence-corrected chi connectivity index (χ2v) is 7.09. The molecule has 1 N–H and O–H groups in total. The number of carbonyl (C=O) groups is 1. The SMILES string of the molecule is CCN1CC2(CCN(CCO)CC2)C[C@H](c2ccccc2)C1=O. The summed E-state index contributed by atoms with van der Waals surface area (Å²) in [6, 6.07) is 10.3. The van der Waals surface area contributed by atoms with Gasteiger partial charge in [0.2, 0.25) is 5.91 Å². The topological polar surface area (TPSA) is 43.8 Å². The van der Waals surface area contributed by atoms with Crippen molar-refractivity contribution in [2.24, 2.45) is 5.41 Å². The smallest absolute Gasteiger partial charge is 0.230 e. The summed E-state index contributed by atoms with van der Waals surface area (Å²) in [5, 5.41) is 9.13. The number of aliphatic hydroxyl groups is 1. The number of hydrogen-bond donors (Lipinski definition) is 1. The number of rotatable bonds is 4. The van der Waals surface area contributed by atoms with Crippen LogP contribution >= 0.6 is 0 Å². The first-order chi connectivity index (χ1) is 11.2. The third-order valence-corrected chi connectivity index (χ3v) is 5.69. The fourth-order valence-corrected chi connectivity index (χ4v) is 4.26. The summed E-state index contributed by atoms with van der Waals surface area (Å²) < 4.78 is 0. The normalized spacial score (nSPS) is 25.0. The largest absolute Gasteiger partial charge is 0.395 e. The lowest BCUT2D eigenvalue weighted by atomic mass is 9.67. The molecule has 1 aromatic rings. The van der Waals surface area contributed by atoms with Gasteiger partial charge >= 0.3 is 0 Å². The van der Waals surface area contributed by atoms with Crippen LogP contribution in [0.1, 0.15) is 37.7 Å². The Labute approximate surface area is 139 Å². The Kier molecular flexibility index (Phi) is 5.02. The molecule has 0 aliphatic carbocycles. The average Bonchev–Trinajstić information content (AvgIpc) is 2.60. The highest BCUT2D eigenvalue weighted by Gasteiger charge is 2.45. The Hall–Kier alpha value is -1.39. The van der Waals surface area contributed by atoms with Crippen molar-refractivity contribution in [1.29, 1.82) is 0 Å². The van der Waals surface area contributed by atoms with E-state index >= 15 is 0 Å². The van der Waals surface area contributed by atoms with Crippen LogP contribution in [0, 0.1) is 5.41 Å². The molecule has 0 bridgehead atoms. The van der Waals surface area contributed by atoms with Crippen LogP contribution in [0.4, 0.5) is 0 Å². The van der Waals surface area contributed by atoms with Gasteiger partial charge < -0.3 is 14.9 Å². The fraction of sp³-hybridized carbons (Fsp3) is 0.632. The second-order valence-electron chi connectivity index (χ2n) is 7.09. The molecule has 0 aromatic heterocycles. The van der Waals surface area contributed by atoms with Crippen molar-refractivity contribution in [2.45, 2.75) is 32.1 Å². The lowest BCUT2D eigenvalue weighted by Gasteiger charge is -2.49. The molecule has 1 spiro atoms. The van der Waals surface area contributed by atoms with Gasteiger partial charge in [-0.05, 0) is 50.3 Å². The molecule has 23 heavy (non-hydrogen) atoms. The molecule has 2 fully saturated rings. The first kappa shape index (κ1) is 16.5. The van der Waals surface area contributed by atoms with Crippen LogP contribution in [0.5, 0.6) is 0 Å². The van der Waals surface area contributed by atoms with E-state index in [1.54, 1.807) is 0 Å². The molecule has 3 rings (SSSR count). The zero-order chi connectivity index (χ0) is 16.3. The predicted octanol–water partition coefficient (Wildman–Crippen LogP) is 2.10. The van der Waals surface area contributed by atoms with E-state index in [0.717, 1.165) is 57.5 Å². The van der Waals surface area contributed by atoms with Gasteiger partial charge in [-0.2, -0.15) is 0 Å². The molecule has 2 saturated heterocycles. The first-order valence-electron chi connectivity index (χ1n) is 8.84. The van der Waals surface area contributed by atoms with E-state index in [-0.39, 0.29) is 17.9 Å². The third kappa shape index (κ3) is 3.43. The number of aliphatic hydroxyl groups excluding tert-OH is 1. The molecule has 0 unspecified atom stereocenters. The predicted molar refractivity (Wildman–Crippen MR) is 91.2 cm³/mol. The number of nitrogens with zero attached hydrogens (tertiary/aromatic N) is 2. The van der Waals surface area contributed by atoms with Crippen LogP contribution in [-0.2, 0) is 4.79 Å². The number of amides is 1. The van der Waals surface area contributed by atoms with Crippen LogP contribution < -0.4 is 0 Å². The summed E-state index contributed by atoms with van der Waals surface area (Å²) in [4.78, 5) is 17.2. The van der Waals surface area contributed by atoms with Crippen molar-refractivity contribution < 1.29 is 9.90 Å². The molecule has 2 aliphatic heterocycles. The first-order valence-corrected chi connectivity index (χ1v) is 8.84. The quantitative estimate of drug-likeness (QED) is 0.925. The van der Waals surface area contributed by atoms with Gasteiger partial charge in [-0.3, -0.25) is 4.79 Å². The van der Waals surface area contributed by atoms with Gasteiger partial charge in [0.15, 0.2) is 0 Å². The minimum absolute atomic E-state index is 0.00860. The summed E-state index contributed by atoms with van der Waals surface area (Å²) in [6.45, 7) is 6.86. The van der Waals surface area contributed by atoms with Crippen molar-refractivity contribution in [3.63, 3.8) is 0 Å².